The van der Waals surface area contributed by atoms with Gasteiger partial charge in [0.1, 0.15) is 61.3 Å². The molecule has 2 aliphatic carbocycles. The number of nitrogens with one attached hydrogen (secondary N) is 4. The highest BCUT2D eigenvalue weighted by Gasteiger charge is 2.48. The summed E-state index contributed by atoms with van der Waals surface area (Å²) in [6, 6.07) is 65.8. The lowest BCUT2D eigenvalue weighted by atomic mass is 9.80. The zero-order valence-electron chi connectivity index (χ0n) is 78.8. The molecule has 0 saturated carbocycles. The zero-order chi connectivity index (χ0) is 97.9. The van der Waals surface area contributed by atoms with Gasteiger partial charge in [-0.05, 0) is 144 Å². The van der Waals surface area contributed by atoms with Crippen molar-refractivity contribution in [2.75, 3.05) is 105 Å². The molecule has 36 nitrogen and oxygen atoms in total. The smallest absolute Gasteiger partial charge is 0.409 e. The van der Waals surface area contributed by atoms with Gasteiger partial charge in [-0.2, -0.15) is 10.2 Å². The number of imidazole rings is 2. The van der Waals surface area contributed by atoms with Crippen molar-refractivity contribution in [3.63, 3.8) is 0 Å². The second-order valence-corrected chi connectivity index (χ2v) is 37.2. The topological polar surface area (TPSA) is 425 Å². The molecule has 8 aromatic carbocycles. The number of rotatable bonds is 45. The number of nitriles is 1. The van der Waals surface area contributed by atoms with Crippen molar-refractivity contribution in [3.05, 3.63) is 280 Å². The molecular weight excluding hydrogens is 1830 g/mol. The highest BCUT2D eigenvalue weighted by Crippen LogP contribution is 2.54. The van der Waals surface area contributed by atoms with Crippen LogP contribution >= 0.6 is 17.1 Å². The number of anilines is 2. The summed E-state index contributed by atoms with van der Waals surface area (Å²) in [5, 5.41) is 18.4. The lowest BCUT2D eigenvalue weighted by Gasteiger charge is -2.37. The summed E-state index contributed by atoms with van der Waals surface area (Å²) in [5.74, 6) is -1.26. The van der Waals surface area contributed by atoms with Crippen molar-refractivity contribution in [1.29, 1.82) is 5.26 Å². The summed E-state index contributed by atoms with van der Waals surface area (Å²) in [4.78, 5) is 123. The van der Waals surface area contributed by atoms with Crippen molar-refractivity contribution in [1.82, 2.24) is 58.8 Å². The number of carbonyl (C=O) groups excluding carboxylic acids is 6. The van der Waals surface area contributed by atoms with Gasteiger partial charge >= 0.3 is 26.8 Å². The Balaban J connectivity index is 0.602. The summed E-state index contributed by atoms with van der Waals surface area (Å²) in [7, 11) is 2.04. The summed E-state index contributed by atoms with van der Waals surface area (Å²) < 4.78 is 89.6. The van der Waals surface area contributed by atoms with E-state index in [4.69, 9.17) is 81.2 Å². The minimum atomic E-state index is -2.49. The van der Waals surface area contributed by atoms with Crippen LogP contribution in [0.1, 0.15) is 152 Å². The number of amides is 5. The van der Waals surface area contributed by atoms with Gasteiger partial charge in [0.05, 0.1) is 78.0 Å². The zero-order valence-corrected chi connectivity index (χ0v) is 80.6. The molecule has 38 heteroatoms. The Labute approximate surface area is 811 Å². The van der Waals surface area contributed by atoms with Crippen LogP contribution in [-0.4, -0.2) is 220 Å². The molecule has 8 atom stereocenters. The first-order valence-electron chi connectivity index (χ1n) is 46.4. The fourth-order valence-corrected chi connectivity index (χ4v) is 20.8. The molecule has 16 rings (SSSR count). The first kappa shape index (κ1) is 99.6. The molecule has 2 saturated heterocycles. The van der Waals surface area contributed by atoms with E-state index in [1.807, 2.05) is 179 Å². The SMILES string of the molecule is COc1ccc(C(OC[C@H]2O[C@@H](n3cnc4c(NC(=O)c5ccc(CNC(=O)COC(=O)CCCN(C)C(=O)OCC6c7ccccc7-c7ccccc76)cc5)ncnc43)CC2OP(OCCC#N)OC[C@H]2O[C@@H](n3cnc4c(=O)[nH]c(NC(=O)CCCN(C)C(=O)OCC5c6ccccc6-c6ccccc65)nc43)CC2OP(OCCN)N(C(C)C)C(C)C)(c2ccccc2)c2ccc(OC)cc2)cc1. The summed E-state index contributed by atoms with van der Waals surface area (Å²) in [5.41, 5.74) is 16.6. The molecule has 4 aliphatic rings. The predicted octanol–water partition coefficient (Wildman–Crippen LogP) is 15.5. The maximum Gasteiger partial charge on any atom is 0.409 e. The number of nitrogens with zero attached hydrogens (tertiary/aromatic N) is 11. The van der Waals surface area contributed by atoms with Crippen LogP contribution in [-0.2, 0) is 77.6 Å². The maximum atomic E-state index is 14.2. The Morgan fingerprint density at radius 3 is 1.64 bits per heavy atom. The fourth-order valence-electron chi connectivity index (χ4n) is 17.9. The number of aromatic amines is 1. The molecule has 5 amide bonds. The van der Waals surface area contributed by atoms with E-state index in [2.05, 4.69) is 65.9 Å². The molecule has 12 aromatic rings. The van der Waals surface area contributed by atoms with Crippen molar-refractivity contribution in [3.8, 4) is 39.8 Å². The second-order valence-electron chi connectivity index (χ2n) is 34.6. The number of hydrogen-bond acceptors (Lipinski definition) is 28. The number of benzene rings is 8. The third kappa shape index (κ3) is 23.2. The van der Waals surface area contributed by atoms with Crippen molar-refractivity contribution in [2.45, 2.75) is 146 Å². The van der Waals surface area contributed by atoms with Crippen LogP contribution in [0.5, 0.6) is 11.5 Å². The molecular formula is C102H112N16O20P2. The average Bonchev–Trinajstić information content (AvgIpc) is 1.18. The Morgan fingerprint density at radius 1 is 0.571 bits per heavy atom. The number of nitrogens with two attached hydrogens (primary N) is 1. The Kier molecular flexibility index (Phi) is 33.2. The number of methoxy groups -OCH3 is 2. The number of fused-ring (bicyclic) bond motifs is 8. The molecule has 6 heterocycles. The van der Waals surface area contributed by atoms with Gasteiger partial charge in [-0.25, -0.2) is 34.2 Å². The van der Waals surface area contributed by atoms with E-state index < -0.39 is 108 Å². The average molecular weight is 1940 g/mol. The molecule has 4 unspecified atom stereocenters. The highest BCUT2D eigenvalue weighted by atomic mass is 31.2. The number of carbonyl (C=O) groups is 6. The van der Waals surface area contributed by atoms with Crippen LogP contribution in [0.3, 0.4) is 0 Å². The third-order valence-corrected chi connectivity index (χ3v) is 28.2. The van der Waals surface area contributed by atoms with Crippen LogP contribution in [0.15, 0.2) is 224 Å². The van der Waals surface area contributed by atoms with Crippen LogP contribution < -0.4 is 36.7 Å². The monoisotopic (exact) mass is 1940 g/mol. The first-order chi connectivity index (χ1) is 68.1. The van der Waals surface area contributed by atoms with Crippen LogP contribution in [0.25, 0.3) is 44.6 Å². The molecule has 730 valence electrons. The number of ether oxygens (including phenoxy) is 8. The van der Waals surface area contributed by atoms with Gasteiger partial charge in [0.25, 0.3) is 25.9 Å². The Hall–Kier alpha value is -13.4. The molecule has 0 radical (unpaired) electrons. The molecule has 2 aliphatic heterocycles. The van der Waals surface area contributed by atoms with E-state index in [1.165, 1.54) is 28.8 Å². The van der Waals surface area contributed by atoms with E-state index in [9.17, 15) is 38.8 Å². The molecule has 6 N–H and O–H groups in total. The van der Waals surface area contributed by atoms with Gasteiger partial charge in [-0.15, -0.1) is 0 Å². The van der Waals surface area contributed by atoms with Crippen LogP contribution in [0.4, 0.5) is 21.4 Å². The molecule has 4 aromatic heterocycles. The van der Waals surface area contributed by atoms with Crippen LogP contribution in [0, 0.1) is 11.3 Å². The fraction of sp³-hybridized carbons (Fsp3) is 0.363. The van der Waals surface area contributed by atoms with Gasteiger partial charge in [0, 0.05) is 95.4 Å². The molecule has 140 heavy (non-hydrogen) atoms. The van der Waals surface area contributed by atoms with E-state index in [0.29, 0.717) is 17.1 Å². The number of H-pyrrole nitrogens is 1. The minimum absolute atomic E-state index is 0.0395. The minimum Gasteiger partial charge on any atom is -0.497 e. The van der Waals surface area contributed by atoms with Gasteiger partial charge in [0.2, 0.25) is 11.9 Å². The summed E-state index contributed by atoms with van der Waals surface area (Å²) in [6.45, 7) is 8.16. The van der Waals surface area contributed by atoms with Crippen molar-refractivity contribution in [2.24, 2.45) is 5.73 Å². The van der Waals surface area contributed by atoms with E-state index in [0.717, 1.165) is 61.2 Å². The van der Waals surface area contributed by atoms with E-state index in [-0.39, 0.29) is 174 Å². The maximum absolute atomic E-state index is 14.2. The number of aromatic nitrogens is 8. The highest BCUT2D eigenvalue weighted by molar-refractivity contribution is 7.44. The lowest BCUT2D eigenvalue weighted by molar-refractivity contribution is -0.148. The molecule has 0 spiro atoms. The first-order valence-corrected chi connectivity index (χ1v) is 48.7. The molecule has 0 bridgehead atoms. The summed E-state index contributed by atoms with van der Waals surface area (Å²) in [6.07, 6.45) is -1.82. The standard InChI is InChI=1S/C102H112N16O20P2/c1-64(2)118(65(3)4)139(132-52-48-104)137-83-53-90(117-63-109-93-96(117)112-99(113-98(93)123)110-87(119)33-20-49-114(5)100(124)129-56-81-77-29-16-12-25-73(77)74-26-13-17-30-78(74)81)136-86(83)59-134-140(133-51-22-47-103)138-84-54-89(135-85(84)58-131-102(68-23-10-9-11-24-68,69-39-43-71(126-7)44-40-69)70-41-45-72(127-8)46-42-70)116-62-108-92-94(106-61-107-95(92)116)111-97(122)67-37-35-66(36-38-67)55-105-88(120)60-128-91(121)34-21-50-115(6)101(125)130-57-82-79-31-18-14-27-75(79)76-28-15-19-32-80(76)82/h9-19,23-32,35-46,61-65,81-86,89-90H,20-22,33-34,48-60,104H2,1-8H3,(H,105,120)(H,106,107,111,122)(H2,110,112,113,119,123)/t83?,84?,85-,86-,89-,90-,139?,140?/m1/s1. The number of hydrogen-bond donors (Lipinski definition) is 5. The Bertz CT molecular complexity index is 6280. The van der Waals surface area contributed by atoms with Crippen LogP contribution in [0.2, 0.25) is 0 Å². The quantitative estimate of drug-likeness (QED) is 0.00778. The van der Waals surface area contributed by atoms with E-state index >= 15 is 0 Å². The van der Waals surface area contributed by atoms with Gasteiger partial charge < -0.3 is 86.7 Å². The van der Waals surface area contributed by atoms with Crippen molar-refractivity contribution >= 4 is 87.1 Å². The second kappa shape index (κ2) is 46.6. The Morgan fingerprint density at radius 2 is 1.09 bits per heavy atom. The van der Waals surface area contributed by atoms with Gasteiger partial charge in [0.15, 0.2) is 34.8 Å². The van der Waals surface area contributed by atoms with Crippen molar-refractivity contribution < 1.29 is 89.3 Å². The largest absolute Gasteiger partial charge is 0.497 e. The van der Waals surface area contributed by atoms with E-state index in [1.54, 1.807) is 61.7 Å². The molecule has 2 fully saturated rings. The normalized spacial score (nSPS) is 17.0. The van der Waals surface area contributed by atoms with Gasteiger partial charge in [-0.3, -0.25) is 43.4 Å². The predicted molar refractivity (Wildman–Crippen MR) is 521 cm³/mol. The third-order valence-electron chi connectivity index (χ3n) is 24.8. The summed E-state index contributed by atoms with van der Waals surface area (Å²) >= 11 is 0. The van der Waals surface area contributed by atoms with Gasteiger partial charge in [-0.1, -0.05) is 164 Å². The number of esters is 1. The lowest BCUT2D eigenvalue weighted by Crippen LogP contribution is -2.38.